The predicted molar refractivity (Wildman–Crippen MR) is 133 cm³/mol. The molecule has 30 heavy (non-hydrogen) atoms. The Morgan fingerprint density at radius 2 is 1.63 bits per heavy atom. The summed E-state index contributed by atoms with van der Waals surface area (Å²) < 4.78 is 0. The van der Waals surface area contributed by atoms with Gasteiger partial charge in [0.15, 0.2) is 0 Å². The van der Waals surface area contributed by atoms with Gasteiger partial charge in [-0.2, -0.15) is 0 Å². The second-order valence-electron chi connectivity index (χ2n) is 8.55. The minimum Gasteiger partial charge on any atom is -0.361 e. The molecule has 164 valence electrons. The molecular formula is C25H35Cl2N3. The van der Waals surface area contributed by atoms with E-state index < -0.39 is 0 Å². The summed E-state index contributed by atoms with van der Waals surface area (Å²) in [6.07, 6.45) is 8.35. The van der Waals surface area contributed by atoms with Gasteiger partial charge in [-0.05, 0) is 82.4 Å². The lowest BCUT2D eigenvalue weighted by Crippen LogP contribution is -2.45. The molecule has 0 aliphatic heterocycles. The van der Waals surface area contributed by atoms with Crippen LogP contribution < -0.4 is 5.32 Å². The third kappa shape index (κ3) is 5.20. The van der Waals surface area contributed by atoms with Crippen LogP contribution in [0.1, 0.15) is 36.8 Å². The molecule has 1 heterocycles. The zero-order valence-corrected chi connectivity index (χ0v) is 19.7. The number of aromatic amines is 1. The lowest BCUT2D eigenvalue weighted by atomic mass is 9.72. The Morgan fingerprint density at radius 3 is 2.33 bits per heavy atom. The summed E-state index contributed by atoms with van der Waals surface area (Å²) in [5, 5.41) is 5.09. The van der Waals surface area contributed by atoms with Gasteiger partial charge in [-0.3, -0.25) is 4.90 Å². The highest BCUT2D eigenvalue weighted by atomic mass is 35.5. The number of nitrogens with one attached hydrogen (secondary N) is 2. The SMILES string of the molecule is CN(C)C1(c2ccccc2)CCC(CNCCc2c[nH]c3ccccc23)CC1.Cl.Cl. The molecule has 1 aromatic heterocycles. The lowest BCUT2D eigenvalue weighted by Gasteiger charge is -2.45. The maximum Gasteiger partial charge on any atom is 0.0456 e. The van der Waals surface area contributed by atoms with Crippen molar-refractivity contribution in [2.45, 2.75) is 37.6 Å². The number of H-pyrrole nitrogens is 1. The van der Waals surface area contributed by atoms with Crippen LogP contribution in [0, 0.1) is 5.92 Å². The summed E-state index contributed by atoms with van der Waals surface area (Å²) in [6.45, 7) is 2.19. The van der Waals surface area contributed by atoms with Gasteiger partial charge in [-0.25, -0.2) is 0 Å². The first-order chi connectivity index (χ1) is 13.7. The van der Waals surface area contributed by atoms with Gasteiger partial charge >= 0.3 is 0 Å². The first-order valence-corrected chi connectivity index (χ1v) is 10.7. The number of rotatable bonds is 7. The number of halogens is 2. The first-order valence-electron chi connectivity index (χ1n) is 10.7. The van der Waals surface area contributed by atoms with Crippen molar-refractivity contribution in [3.05, 3.63) is 71.9 Å². The molecule has 1 fully saturated rings. The minimum atomic E-state index is 0. The molecule has 3 aromatic rings. The normalized spacial score (nSPS) is 21.2. The first kappa shape index (κ1) is 24.7. The monoisotopic (exact) mass is 447 g/mol. The molecule has 1 aliphatic rings. The molecular weight excluding hydrogens is 413 g/mol. The Labute approximate surface area is 193 Å². The Bertz CT molecular complexity index is 884. The average molecular weight is 448 g/mol. The number of para-hydroxylation sites is 1. The van der Waals surface area contributed by atoms with E-state index >= 15 is 0 Å². The van der Waals surface area contributed by atoms with Crippen molar-refractivity contribution in [3.63, 3.8) is 0 Å². The van der Waals surface area contributed by atoms with Gasteiger partial charge in [0.05, 0.1) is 0 Å². The summed E-state index contributed by atoms with van der Waals surface area (Å²) in [5.74, 6) is 0.791. The smallest absolute Gasteiger partial charge is 0.0456 e. The number of nitrogens with zero attached hydrogens (tertiary/aromatic N) is 1. The largest absolute Gasteiger partial charge is 0.361 e. The zero-order chi connectivity index (χ0) is 19.4. The average Bonchev–Trinajstić information content (AvgIpc) is 3.15. The number of fused-ring (bicyclic) bond motifs is 1. The topological polar surface area (TPSA) is 31.1 Å². The highest BCUT2D eigenvalue weighted by molar-refractivity contribution is 5.85. The van der Waals surface area contributed by atoms with Crippen molar-refractivity contribution < 1.29 is 0 Å². The van der Waals surface area contributed by atoms with Gasteiger partial charge in [-0.15, -0.1) is 24.8 Å². The van der Waals surface area contributed by atoms with Gasteiger partial charge in [0.1, 0.15) is 0 Å². The molecule has 0 amide bonds. The maximum atomic E-state index is 3.73. The van der Waals surface area contributed by atoms with Crippen LogP contribution >= 0.6 is 24.8 Å². The van der Waals surface area contributed by atoms with Crippen LogP contribution in [0.15, 0.2) is 60.8 Å². The Kier molecular flexibility index (Phi) is 9.24. The fourth-order valence-electron chi connectivity index (χ4n) is 4.97. The van der Waals surface area contributed by atoms with E-state index in [0.717, 1.165) is 25.4 Å². The van der Waals surface area contributed by atoms with Crippen LogP contribution in [0.25, 0.3) is 10.9 Å². The molecule has 2 aromatic carbocycles. The number of aromatic nitrogens is 1. The summed E-state index contributed by atoms with van der Waals surface area (Å²) in [5.41, 5.74) is 4.35. The van der Waals surface area contributed by atoms with Crippen LogP contribution in [0.3, 0.4) is 0 Å². The molecule has 1 aliphatic carbocycles. The van der Waals surface area contributed by atoms with Gasteiger partial charge < -0.3 is 10.3 Å². The van der Waals surface area contributed by atoms with Crippen molar-refractivity contribution in [3.8, 4) is 0 Å². The zero-order valence-electron chi connectivity index (χ0n) is 18.1. The number of benzene rings is 2. The van der Waals surface area contributed by atoms with Crippen LogP contribution in [0.2, 0.25) is 0 Å². The quantitative estimate of drug-likeness (QED) is 0.448. The van der Waals surface area contributed by atoms with Gasteiger partial charge in [0.25, 0.3) is 0 Å². The highest BCUT2D eigenvalue weighted by Crippen LogP contribution is 2.42. The summed E-state index contributed by atoms with van der Waals surface area (Å²) in [4.78, 5) is 5.83. The molecule has 2 N–H and O–H groups in total. The summed E-state index contributed by atoms with van der Waals surface area (Å²) in [7, 11) is 4.49. The van der Waals surface area contributed by atoms with E-state index in [2.05, 4.69) is 90.1 Å². The predicted octanol–water partition coefficient (Wildman–Crippen LogP) is 5.79. The second kappa shape index (κ2) is 11.2. The van der Waals surface area contributed by atoms with Gasteiger partial charge in [-0.1, -0.05) is 48.5 Å². The summed E-state index contributed by atoms with van der Waals surface area (Å²) >= 11 is 0. The van der Waals surface area contributed by atoms with E-state index in [0.29, 0.717) is 0 Å². The van der Waals surface area contributed by atoms with E-state index in [9.17, 15) is 0 Å². The Hall–Kier alpha value is -1.52. The molecule has 5 heteroatoms. The van der Waals surface area contributed by atoms with Gasteiger partial charge in [0.2, 0.25) is 0 Å². The molecule has 0 atom stereocenters. The second-order valence-corrected chi connectivity index (χ2v) is 8.55. The van der Waals surface area contributed by atoms with Gasteiger partial charge in [0, 0.05) is 22.6 Å². The van der Waals surface area contributed by atoms with Crippen LogP contribution in [-0.4, -0.2) is 37.1 Å². The highest BCUT2D eigenvalue weighted by Gasteiger charge is 2.38. The molecule has 3 nitrogen and oxygen atoms in total. The number of hydrogen-bond acceptors (Lipinski definition) is 2. The van der Waals surface area contributed by atoms with Crippen LogP contribution in [-0.2, 0) is 12.0 Å². The third-order valence-electron chi connectivity index (χ3n) is 6.78. The van der Waals surface area contributed by atoms with E-state index in [4.69, 9.17) is 0 Å². The molecule has 0 spiro atoms. The van der Waals surface area contributed by atoms with Crippen molar-refractivity contribution >= 4 is 35.7 Å². The molecule has 0 saturated heterocycles. The maximum absolute atomic E-state index is 3.73. The summed E-state index contributed by atoms with van der Waals surface area (Å²) in [6, 6.07) is 19.7. The Balaban J connectivity index is 0.00000160. The van der Waals surface area contributed by atoms with Crippen molar-refractivity contribution in [1.82, 2.24) is 15.2 Å². The van der Waals surface area contributed by atoms with E-state index in [1.165, 1.54) is 47.7 Å². The molecule has 4 rings (SSSR count). The Morgan fingerprint density at radius 1 is 0.967 bits per heavy atom. The third-order valence-corrected chi connectivity index (χ3v) is 6.78. The lowest BCUT2D eigenvalue weighted by molar-refractivity contribution is 0.0771. The van der Waals surface area contributed by atoms with E-state index in [1.54, 1.807) is 0 Å². The number of hydrogen-bond donors (Lipinski definition) is 2. The van der Waals surface area contributed by atoms with Crippen LogP contribution in [0.5, 0.6) is 0 Å². The van der Waals surface area contributed by atoms with E-state index in [1.807, 2.05) is 0 Å². The van der Waals surface area contributed by atoms with Crippen molar-refractivity contribution in [1.29, 1.82) is 0 Å². The van der Waals surface area contributed by atoms with Crippen molar-refractivity contribution in [2.75, 3.05) is 27.2 Å². The molecule has 0 bridgehead atoms. The molecule has 0 unspecified atom stereocenters. The minimum absolute atomic E-state index is 0. The van der Waals surface area contributed by atoms with E-state index in [-0.39, 0.29) is 30.4 Å². The fourth-order valence-corrected chi connectivity index (χ4v) is 4.97. The fraction of sp³-hybridized carbons (Fsp3) is 0.440. The van der Waals surface area contributed by atoms with Crippen molar-refractivity contribution in [2.24, 2.45) is 5.92 Å². The molecule has 1 saturated carbocycles. The standard InChI is InChI=1S/C25H33N3.2ClH/c1-28(2)25(22-8-4-3-5-9-22)15-12-20(13-16-25)18-26-17-14-21-19-27-24-11-7-6-10-23(21)24;;/h3-11,19-20,26-27H,12-18H2,1-2H3;2*1H. The van der Waals surface area contributed by atoms with Crippen LogP contribution in [0.4, 0.5) is 0 Å². The molecule has 0 radical (unpaired) electrons.